The van der Waals surface area contributed by atoms with E-state index in [2.05, 4.69) is 24.5 Å². The molecule has 0 heterocycles. The summed E-state index contributed by atoms with van der Waals surface area (Å²) in [4.78, 5) is 0. The fraction of sp³-hybridized carbons (Fsp3) is 1.00. The molecule has 0 amide bonds. The minimum Gasteiger partial charge on any atom is -0.316 e. The summed E-state index contributed by atoms with van der Waals surface area (Å²) in [6.45, 7) is 7.04. The summed E-state index contributed by atoms with van der Waals surface area (Å²) in [7, 11) is 0. The molecule has 0 aromatic carbocycles. The van der Waals surface area contributed by atoms with E-state index >= 15 is 0 Å². The Morgan fingerprint density at radius 1 is 1.05 bits per heavy atom. The first-order valence-corrected chi connectivity index (χ1v) is 7.40. The van der Waals surface area contributed by atoms with Crippen LogP contribution in [0.4, 0.5) is 13.2 Å². The lowest BCUT2D eigenvalue weighted by Gasteiger charge is -2.30. The molecule has 0 aromatic heterocycles. The maximum atomic E-state index is 12.5. The van der Waals surface area contributed by atoms with Gasteiger partial charge in [-0.15, -0.1) is 0 Å². The first-order valence-electron chi connectivity index (χ1n) is 7.40. The lowest BCUT2D eigenvalue weighted by molar-refractivity contribution is -0.183. The Labute approximate surface area is 114 Å². The molecule has 0 bridgehead atoms. The number of rotatable bonds is 7. The molecule has 1 aliphatic carbocycles. The molecule has 0 spiro atoms. The first-order chi connectivity index (χ1) is 8.89. The Morgan fingerprint density at radius 3 is 2.21 bits per heavy atom. The molecule has 5 heteroatoms. The van der Waals surface area contributed by atoms with Gasteiger partial charge in [-0.3, -0.25) is 0 Å². The van der Waals surface area contributed by atoms with Crippen molar-refractivity contribution >= 4 is 0 Å². The summed E-state index contributed by atoms with van der Waals surface area (Å²) in [5.41, 5.74) is 0. The van der Waals surface area contributed by atoms with E-state index in [9.17, 15) is 13.2 Å². The highest BCUT2D eigenvalue weighted by atomic mass is 19.4. The van der Waals surface area contributed by atoms with E-state index in [1.807, 2.05) is 0 Å². The Bertz CT molecular complexity index is 233. The van der Waals surface area contributed by atoms with Crippen molar-refractivity contribution in [1.82, 2.24) is 10.6 Å². The molecule has 0 saturated heterocycles. The van der Waals surface area contributed by atoms with Gasteiger partial charge < -0.3 is 10.6 Å². The second-order valence-corrected chi connectivity index (χ2v) is 5.93. The third-order valence-corrected chi connectivity index (χ3v) is 3.83. The van der Waals surface area contributed by atoms with Crippen molar-refractivity contribution in [1.29, 1.82) is 0 Å². The highest BCUT2D eigenvalue weighted by molar-refractivity contribution is 4.78. The van der Waals surface area contributed by atoms with Crippen molar-refractivity contribution < 1.29 is 13.2 Å². The van der Waals surface area contributed by atoms with Gasteiger partial charge in [0.2, 0.25) is 0 Å². The third kappa shape index (κ3) is 7.16. The van der Waals surface area contributed by atoms with Gasteiger partial charge in [-0.05, 0) is 57.7 Å². The summed E-state index contributed by atoms with van der Waals surface area (Å²) in [5.74, 6) is -0.629. The second kappa shape index (κ2) is 8.10. The maximum Gasteiger partial charge on any atom is 0.391 e. The Hall–Kier alpha value is -0.290. The molecule has 0 aliphatic heterocycles. The van der Waals surface area contributed by atoms with Crippen LogP contribution in [0.2, 0.25) is 0 Å². The Morgan fingerprint density at radius 2 is 1.68 bits per heavy atom. The van der Waals surface area contributed by atoms with Crippen LogP contribution in [0.3, 0.4) is 0 Å². The molecule has 1 rings (SSSR count). The zero-order chi connectivity index (χ0) is 14.3. The van der Waals surface area contributed by atoms with Gasteiger partial charge >= 0.3 is 6.18 Å². The summed E-state index contributed by atoms with van der Waals surface area (Å²) in [6.07, 6.45) is -0.880. The van der Waals surface area contributed by atoms with Crippen molar-refractivity contribution in [2.24, 2.45) is 11.8 Å². The van der Waals surface area contributed by atoms with Crippen LogP contribution in [0, 0.1) is 11.8 Å². The van der Waals surface area contributed by atoms with Crippen LogP contribution in [-0.4, -0.2) is 31.9 Å². The Kier molecular flexibility index (Phi) is 7.15. The molecule has 19 heavy (non-hydrogen) atoms. The van der Waals surface area contributed by atoms with Gasteiger partial charge in [-0.2, -0.15) is 13.2 Å². The molecular weight excluding hydrogens is 253 g/mol. The fourth-order valence-electron chi connectivity index (χ4n) is 2.60. The first kappa shape index (κ1) is 16.8. The average Bonchev–Trinajstić information content (AvgIpc) is 2.32. The monoisotopic (exact) mass is 280 g/mol. The van der Waals surface area contributed by atoms with Gasteiger partial charge in [0.25, 0.3) is 0 Å². The molecule has 114 valence electrons. The van der Waals surface area contributed by atoms with Crippen molar-refractivity contribution in [2.45, 2.75) is 58.2 Å². The Balaban J connectivity index is 2.01. The van der Waals surface area contributed by atoms with Crippen LogP contribution >= 0.6 is 0 Å². The number of alkyl halides is 3. The third-order valence-electron chi connectivity index (χ3n) is 3.83. The molecule has 1 aliphatic rings. The molecule has 0 aromatic rings. The average molecular weight is 280 g/mol. The van der Waals surface area contributed by atoms with Crippen molar-refractivity contribution in [3.05, 3.63) is 0 Å². The van der Waals surface area contributed by atoms with Gasteiger partial charge in [0, 0.05) is 6.04 Å². The lowest BCUT2D eigenvalue weighted by Crippen LogP contribution is -2.33. The number of hydrogen-bond donors (Lipinski definition) is 2. The fourth-order valence-corrected chi connectivity index (χ4v) is 2.60. The van der Waals surface area contributed by atoms with E-state index < -0.39 is 12.1 Å². The van der Waals surface area contributed by atoms with E-state index in [0.29, 0.717) is 37.6 Å². The number of halogens is 3. The number of nitrogens with one attached hydrogen (secondary N) is 2. The second-order valence-electron chi connectivity index (χ2n) is 5.93. The van der Waals surface area contributed by atoms with Crippen LogP contribution in [-0.2, 0) is 0 Å². The standard InChI is InChI=1S/C14H27F3N2/c1-11(2)19-9-3-8-18-10-12-4-6-13(7-5-12)14(15,16)17/h11-13,18-19H,3-10H2,1-2H3. The summed E-state index contributed by atoms with van der Waals surface area (Å²) >= 11 is 0. The van der Waals surface area contributed by atoms with Crippen LogP contribution < -0.4 is 10.6 Å². The predicted molar refractivity (Wildman–Crippen MR) is 72.1 cm³/mol. The quantitative estimate of drug-likeness (QED) is 0.699. The largest absolute Gasteiger partial charge is 0.391 e. The molecule has 0 radical (unpaired) electrons. The van der Waals surface area contributed by atoms with Crippen LogP contribution in [0.5, 0.6) is 0 Å². The summed E-state index contributed by atoms with van der Waals surface area (Å²) in [6, 6.07) is 0.512. The minimum atomic E-state index is -3.99. The summed E-state index contributed by atoms with van der Waals surface area (Å²) in [5, 5.41) is 6.70. The highest BCUT2D eigenvalue weighted by Crippen LogP contribution is 2.39. The lowest BCUT2D eigenvalue weighted by atomic mass is 9.81. The SMILES string of the molecule is CC(C)NCCCNCC1CCC(C(F)(F)F)CC1. The van der Waals surface area contributed by atoms with E-state index in [1.54, 1.807) is 0 Å². The molecule has 1 fully saturated rings. The topological polar surface area (TPSA) is 24.1 Å². The maximum absolute atomic E-state index is 12.5. The molecule has 2 nitrogen and oxygen atoms in total. The minimum absolute atomic E-state index is 0.310. The highest BCUT2D eigenvalue weighted by Gasteiger charge is 2.41. The van der Waals surface area contributed by atoms with Gasteiger partial charge in [0.1, 0.15) is 0 Å². The zero-order valence-corrected chi connectivity index (χ0v) is 12.0. The van der Waals surface area contributed by atoms with Gasteiger partial charge in [-0.1, -0.05) is 13.8 Å². The van der Waals surface area contributed by atoms with E-state index in [-0.39, 0.29) is 0 Å². The summed E-state index contributed by atoms with van der Waals surface area (Å²) < 4.78 is 37.5. The smallest absolute Gasteiger partial charge is 0.316 e. The van der Waals surface area contributed by atoms with Crippen LogP contribution in [0.15, 0.2) is 0 Å². The van der Waals surface area contributed by atoms with Crippen molar-refractivity contribution in [3.8, 4) is 0 Å². The molecule has 1 saturated carbocycles. The molecule has 2 N–H and O–H groups in total. The predicted octanol–water partition coefficient (Wildman–Crippen LogP) is 3.33. The van der Waals surface area contributed by atoms with Gasteiger partial charge in [-0.25, -0.2) is 0 Å². The van der Waals surface area contributed by atoms with E-state index in [0.717, 1.165) is 26.1 Å². The zero-order valence-electron chi connectivity index (χ0n) is 12.0. The molecule has 0 unspecified atom stereocenters. The van der Waals surface area contributed by atoms with Crippen LogP contribution in [0.25, 0.3) is 0 Å². The van der Waals surface area contributed by atoms with Crippen molar-refractivity contribution in [3.63, 3.8) is 0 Å². The van der Waals surface area contributed by atoms with E-state index in [4.69, 9.17) is 0 Å². The van der Waals surface area contributed by atoms with Gasteiger partial charge in [0.05, 0.1) is 5.92 Å². The van der Waals surface area contributed by atoms with E-state index in [1.165, 1.54) is 0 Å². The van der Waals surface area contributed by atoms with Gasteiger partial charge in [0.15, 0.2) is 0 Å². The molecule has 0 atom stereocenters. The molecular formula is C14H27F3N2. The van der Waals surface area contributed by atoms with Crippen LogP contribution in [0.1, 0.15) is 46.0 Å². The number of hydrogen-bond acceptors (Lipinski definition) is 2. The normalized spacial score (nSPS) is 24.9. The van der Waals surface area contributed by atoms with Crippen molar-refractivity contribution in [2.75, 3.05) is 19.6 Å².